The van der Waals surface area contributed by atoms with Gasteiger partial charge in [-0.1, -0.05) is 32.0 Å². The highest BCUT2D eigenvalue weighted by Gasteiger charge is 2.16. The Bertz CT molecular complexity index is 936. The summed E-state index contributed by atoms with van der Waals surface area (Å²) >= 11 is 0. The van der Waals surface area contributed by atoms with Crippen molar-refractivity contribution in [2.45, 2.75) is 13.8 Å². The molecular formula is C22H26N4O3. The van der Waals surface area contributed by atoms with Crippen molar-refractivity contribution in [2.24, 2.45) is 0 Å². The molecule has 1 N–H and O–H groups in total. The Hall–Kier alpha value is -3.19. The third-order valence-electron chi connectivity index (χ3n) is 4.75. The van der Waals surface area contributed by atoms with Crippen molar-refractivity contribution in [2.75, 3.05) is 33.3 Å². The molecule has 1 amide bonds. The molecule has 0 aliphatic heterocycles. The minimum absolute atomic E-state index is 0.170. The molecular weight excluding hydrogens is 368 g/mol. The first-order chi connectivity index (χ1) is 14.2. The number of hydrogen-bond acceptors (Lipinski definition) is 6. The highest BCUT2D eigenvalue weighted by atomic mass is 16.5. The first kappa shape index (κ1) is 20.5. The standard InChI is InChI=1S/C22H26N4O3/c1-4-26(5-2)14-13-23-20(27)18-12-11-17(15-19(18)28-3)22-25-24-21(29-22)16-9-7-6-8-10-16/h6-12,15H,4-5,13-14H2,1-3H3,(H,23,27). The fourth-order valence-electron chi connectivity index (χ4n) is 3.01. The predicted octanol–water partition coefficient (Wildman–Crippen LogP) is 3.48. The fourth-order valence-corrected chi connectivity index (χ4v) is 3.01. The second-order valence-electron chi connectivity index (χ2n) is 6.48. The van der Waals surface area contributed by atoms with E-state index >= 15 is 0 Å². The number of amides is 1. The van der Waals surface area contributed by atoms with Crippen LogP contribution in [0.15, 0.2) is 52.9 Å². The maximum atomic E-state index is 12.6. The van der Waals surface area contributed by atoms with E-state index in [2.05, 4.69) is 34.3 Å². The molecule has 0 fully saturated rings. The van der Waals surface area contributed by atoms with Gasteiger partial charge in [0.05, 0.1) is 12.7 Å². The maximum absolute atomic E-state index is 12.6. The molecule has 0 atom stereocenters. The summed E-state index contributed by atoms with van der Waals surface area (Å²) in [5.74, 6) is 1.10. The zero-order valence-corrected chi connectivity index (χ0v) is 17.0. The average Bonchev–Trinajstić information content (AvgIpc) is 3.27. The first-order valence-electron chi connectivity index (χ1n) is 9.74. The smallest absolute Gasteiger partial charge is 0.255 e. The first-order valence-corrected chi connectivity index (χ1v) is 9.74. The topological polar surface area (TPSA) is 80.5 Å². The highest BCUT2D eigenvalue weighted by Crippen LogP contribution is 2.28. The number of carbonyl (C=O) groups excluding carboxylic acids is 1. The molecule has 3 rings (SSSR count). The van der Waals surface area contributed by atoms with Crippen LogP contribution in [-0.4, -0.2) is 54.3 Å². The van der Waals surface area contributed by atoms with E-state index in [1.54, 1.807) is 18.2 Å². The van der Waals surface area contributed by atoms with Gasteiger partial charge < -0.3 is 19.4 Å². The minimum atomic E-state index is -0.170. The maximum Gasteiger partial charge on any atom is 0.255 e. The van der Waals surface area contributed by atoms with Gasteiger partial charge >= 0.3 is 0 Å². The molecule has 7 heteroatoms. The zero-order valence-electron chi connectivity index (χ0n) is 17.0. The number of aromatic nitrogens is 2. The molecule has 3 aromatic rings. The quantitative estimate of drug-likeness (QED) is 0.598. The molecule has 2 aromatic carbocycles. The van der Waals surface area contributed by atoms with Crippen molar-refractivity contribution in [1.82, 2.24) is 20.4 Å². The van der Waals surface area contributed by atoms with E-state index in [4.69, 9.17) is 9.15 Å². The van der Waals surface area contributed by atoms with Gasteiger partial charge in [-0.3, -0.25) is 4.79 Å². The van der Waals surface area contributed by atoms with Crippen molar-refractivity contribution < 1.29 is 13.9 Å². The van der Waals surface area contributed by atoms with Crippen LogP contribution in [0.25, 0.3) is 22.9 Å². The summed E-state index contributed by atoms with van der Waals surface area (Å²) in [7, 11) is 1.54. The Morgan fingerprint density at radius 3 is 2.38 bits per heavy atom. The third-order valence-corrected chi connectivity index (χ3v) is 4.75. The lowest BCUT2D eigenvalue weighted by Crippen LogP contribution is -2.34. The number of likely N-dealkylation sites (N-methyl/N-ethyl adjacent to an activating group) is 1. The summed E-state index contributed by atoms with van der Waals surface area (Å²) in [6.07, 6.45) is 0. The van der Waals surface area contributed by atoms with Gasteiger partial charge in [-0.25, -0.2) is 0 Å². The lowest BCUT2D eigenvalue weighted by Gasteiger charge is -2.18. The van der Waals surface area contributed by atoms with E-state index in [1.165, 1.54) is 7.11 Å². The van der Waals surface area contributed by atoms with Crippen molar-refractivity contribution in [3.8, 4) is 28.7 Å². The summed E-state index contributed by atoms with van der Waals surface area (Å²) in [6.45, 7) is 7.51. The second-order valence-corrected chi connectivity index (χ2v) is 6.48. The number of methoxy groups -OCH3 is 1. The lowest BCUT2D eigenvalue weighted by molar-refractivity contribution is 0.0946. The van der Waals surface area contributed by atoms with Crippen LogP contribution in [-0.2, 0) is 0 Å². The van der Waals surface area contributed by atoms with Crippen molar-refractivity contribution in [1.29, 1.82) is 0 Å². The Labute approximate surface area is 170 Å². The Morgan fingerprint density at radius 2 is 1.72 bits per heavy atom. The molecule has 0 aliphatic rings. The van der Waals surface area contributed by atoms with Gasteiger partial charge in [-0.05, 0) is 43.4 Å². The van der Waals surface area contributed by atoms with Crippen LogP contribution in [0, 0.1) is 0 Å². The van der Waals surface area contributed by atoms with E-state index in [0.29, 0.717) is 35.2 Å². The van der Waals surface area contributed by atoms with E-state index in [9.17, 15) is 4.79 Å². The zero-order chi connectivity index (χ0) is 20.6. The number of rotatable bonds is 9. The van der Waals surface area contributed by atoms with Crippen molar-refractivity contribution in [3.05, 3.63) is 54.1 Å². The largest absolute Gasteiger partial charge is 0.496 e. The van der Waals surface area contributed by atoms with Crippen LogP contribution in [0.1, 0.15) is 24.2 Å². The normalized spacial score (nSPS) is 10.9. The number of benzene rings is 2. The minimum Gasteiger partial charge on any atom is -0.496 e. The van der Waals surface area contributed by atoms with Crippen LogP contribution in [0.4, 0.5) is 0 Å². The molecule has 1 heterocycles. The van der Waals surface area contributed by atoms with Crippen LogP contribution in [0.2, 0.25) is 0 Å². The third kappa shape index (κ3) is 5.00. The summed E-state index contributed by atoms with van der Waals surface area (Å²) in [5, 5.41) is 11.2. The van der Waals surface area contributed by atoms with E-state index < -0.39 is 0 Å². The Kier molecular flexibility index (Phi) is 6.97. The summed E-state index contributed by atoms with van der Waals surface area (Å²) < 4.78 is 11.2. The summed E-state index contributed by atoms with van der Waals surface area (Å²) in [6, 6.07) is 14.8. The molecule has 0 aliphatic carbocycles. The van der Waals surface area contributed by atoms with Gasteiger partial charge in [0.15, 0.2) is 0 Å². The van der Waals surface area contributed by atoms with Gasteiger partial charge in [0.25, 0.3) is 5.91 Å². The van der Waals surface area contributed by atoms with Crippen molar-refractivity contribution in [3.63, 3.8) is 0 Å². The molecule has 0 unspecified atom stereocenters. The molecule has 0 spiro atoms. The van der Waals surface area contributed by atoms with E-state index in [0.717, 1.165) is 25.2 Å². The average molecular weight is 394 g/mol. The lowest BCUT2D eigenvalue weighted by atomic mass is 10.1. The second kappa shape index (κ2) is 9.84. The van der Waals surface area contributed by atoms with Gasteiger partial charge in [0.1, 0.15) is 5.75 Å². The number of hydrogen-bond donors (Lipinski definition) is 1. The molecule has 29 heavy (non-hydrogen) atoms. The number of carbonyl (C=O) groups is 1. The number of ether oxygens (including phenoxy) is 1. The Morgan fingerprint density at radius 1 is 1.03 bits per heavy atom. The van der Waals surface area contributed by atoms with Gasteiger partial charge in [-0.2, -0.15) is 0 Å². The molecule has 152 valence electrons. The SMILES string of the molecule is CCN(CC)CCNC(=O)c1ccc(-c2nnc(-c3ccccc3)o2)cc1OC. The van der Waals surface area contributed by atoms with Crippen LogP contribution < -0.4 is 10.1 Å². The van der Waals surface area contributed by atoms with Crippen molar-refractivity contribution >= 4 is 5.91 Å². The Balaban J connectivity index is 1.74. The monoisotopic (exact) mass is 394 g/mol. The van der Waals surface area contributed by atoms with Gasteiger partial charge in [-0.15, -0.1) is 10.2 Å². The number of nitrogens with one attached hydrogen (secondary N) is 1. The number of nitrogens with zero attached hydrogens (tertiary/aromatic N) is 3. The molecule has 0 radical (unpaired) electrons. The van der Waals surface area contributed by atoms with E-state index in [1.807, 2.05) is 30.3 Å². The molecule has 0 bridgehead atoms. The molecule has 1 aromatic heterocycles. The highest BCUT2D eigenvalue weighted by molar-refractivity contribution is 5.97. The van der Waals surface area contributed by atoms with Crippen LogP contribution in [0.3, 0.4) is 0 Å². The van der Waals surface area contributed by atoms with Gasteiger partial charge in [0, 0.05) is 24.2 Å². The summed E-state index contributed by atoms with van der Waals surface area (Å²) in [5.41, 5.74) is 2.01. The molecule has 0 saturated heterocycles. The summed E-state index contributed by atoms with van der Waals surface area (Å²) in [4.78, 5) is 14.8. The van der Waals surface area contributed by atoms with Crippen LogP contribution >= 0.6 is 0 Å². The fraction of sp³-hybridized carbons (Fsp3) is 0.318. The predicted molar refractivity (Wildman–Crippen MR) is 112 cm³/mol. The molecule has 0 saturated carbocycles. The molecule has 7 nitrogen and oxygen atoms in total. The van der Waals surface area contributed by atoms with Gasteiger partial charge in [0.2, 0.25) is 11.8 Å². The van der Waals surface area contributed by atoms with Crippen LogP contribution in [0.5, 0.6) is 5.75 Å². The van der Waals surface area contributed by atoms with E-state index in [-0.39, 0.29) is 5.91 Å².